The highest BCUT2D eigenvalue weighted by molar-refractivity contribution is 5.75. The van der Waals surface area contributed by atoms with E-state index in [0.717, 1.165) is 16.3 Å². The van der Waals surface area contributed by atoms with Crippen molar-refractivity contribution < 1.29 is 18.0 Å². The van der Waals surface area contributed by atoms with Gasteiger partial charge in [0.05, 0.1) is 17.4 Å². The Kier molecular flexibility index (Phi) is 5.11. The van der Waals surface area contributed by atoms with Crippen LogP contribution in [0.2, 0.25) is 0 Å². The lowest BCUT2D eigenvalue weighted by atomic mass is 10.2. The zero-order valence-electron chi connectivity index (χ0n) is 14.0. The molecule has 0 saturated heterocycles. The van der Waals surface area contributed by atoms with E-state index >= 15 is 0 Å². The maximum absolute atomic E-state index is 12.7. The molecule has 1 aromatic carbocycles. The lowest BCUT2D eigenvalue weighted by Crippen LogP contribution is -2.32. The van der Waals surface area contributed by atoms with Crippen molar-refractivity contribution in [3.05, 3.63) is 82.5 Å². The van der Waals surface area contributed by atoms with Crippen LogP contribution in [0.15, 0.2) is 65.8 Å². The molecule has 0 aliphatic heterocycles. The monoisotopic (exact) mass is 376 g/mol. The van der Waals surface area contributed by atoms with Crippen molar-refractivity contribution in [2.75, 3.05) is 0 Å². The average Bonchev–Trinajstić information content (AvgIpc) is 3.11. The Bertz CT molecular complexity index is 994. The van der Waals surface area contributed by atoms with Crippen LogP contribution in [0.3, 0.4) is 0 Å². The van der Waals surface area contributed by atoms with E-state index in [1.165, 1.54) is 0 Å². The number of amides is 1. The smallest absolute Gasteiger partial charge is 0.350 e. The van der Waals surface area contributed by atoms with Gasteiger partial charge in [-0.15, -0.1) is 0 Å². The fraction of sp³-hybridized carbons (Fsp3) is 0.167. The van der Waals surface area contributed by atoms with Gasteiger partial charge in [0, 0.05) is 30.6 Å². The first kappa shape index (κ1) is 18.4. The van der Waals surface area contributed by atoms with Crippen LogP contribution in [-0.2, 0) is 24.1 Å². The number of rotatable bonds is 5. The number of para-hydroxylation sites is 1. The predicted molar refractivity (Wildman–Crippen MR) is 91.1 cm³/mol. The summed E-state index contributed by atoms with van der Waals surface area (Å²) < 4.78 is 40.5. The first-order valence-corrected chi connectivity index (χ1v) is 7.96. The molecular formula is C18H15F3N4O2. The molecule has 2 heterocycles. The van der Waals surface area contributed by atoms with Gasteiger partial charge in [-0.25, -0.2) is 4.68 Å². The lowest BCUT2D eigenvalue weighted by Gasteiger charge is -2.10. The standard InChI is InChI=1S/C18H15F3N4O2/c19-18(20,21)14-6-7-17(27)24(11-14)12-16(26)22-8-13-9-23-25(10-13)15-4-2-1-3-5-15/h1-7,9-11H,8,12H2,(H,22,26). The SMILES string of the molecule is O=C(Cn1cc(C(F)(F)F)ccc1=O)NCc1cnn(-c2ccccc2)c1. The van der Waals surface area contributed by atoms with Crippen molar-refractivity contribution in [2.45, 2.75) is 19.3 Å². The number of hydrogen-bond donors (Lipinski definition) is 1. The average molecular weight is 376 g/mol. The Morgan fingerprint density at radius 1 is 1.07 bits per heavy atom. The van der Waals surface area contributed by atoms with E-state index in [4.69, 9.17) is 0 Å². The lowest BCUT2D eigenvalue weighted by molar-refractivity contribution is -0.138. The van der Waals surface area contributed by atoms with Gasteiger partial charge in [0.25, 0.3) is 5.56 Å². The molecule has 0 aliphatic rings. The van der Waals surface area contributed by atoms with E-state index in [1.54, 1.807) is 17.1 Å². The summed E-state index contributed by atoms with van der Waals surface area (Å²) >= 11 is 0. The van der Waals surface area contributed by atoms with Crippen LogP contribution >= 0.6 is 0 Å². The predicted octanol–water partition coefficient (Wildman–Crippen LogP) is 2.37. The first-order chi connectivity index (χ1) is 12.8. The van der Waals surface area contributed by atoms with Crippen LogP contribution < -0.4 is 10.9 Å². The van der Waals surface area contributed by atoms with Gasteiger partial charge in [-0.2, -0.15) is 18.3 Å². The molecular weight excluding hydrogens is 361 g/mol. The molecule has 2 aromatic heterocycles. The zero-order valence-corrected chi connectivity index (χ0v) is 14.0. The second-order valence-corrected chi connectivity index (χ2v) is 5.79. The van der Waals surface area contributed by atoms with E-state index in [-0.39, 0.29) is 6.54 Å². The molecule has 27 heavy (non-hydrogen) atoms. The molecule has 0 spiro atoms. The molecule has 0 aliphatic carbocycles. The highest BCUT2D eigenvalue weighted by atomic mass is 19.4. The largest absolute Gasteiger partial charge is 0.417 e. The molecule has 140 valence electrons. The minimum absolute atomic E-state index is 0.138. The molecule has 0 unspecified atom stereocenters. The number of carbonyl (C=O) groups excluding carboxylic acids is 1. The van der Waals surface area contributed by atoms with Crippen LogP contribution in [0, 0.1) is 0 Å². The highest BCUT2D eigenvalue weighted by Gasteiger charge is 2.31. The van der Waals surface area contributed by atoms with Crippen LogP contribution in [0.4, 0.5) is 13.2 Å². The Labute approximate surface area is 151 Å². The van der Waals surface area contributed by atoms with E-state index < -0.39 is 29.8 Å². The quantitative estimate of drug-likeness (QED) is 0.743. The third-order valence-electron chi connectivity index (χ3n) is 3.77. The summed E-state index contributed by atoms with van der Waals surface area (Å²) in [6.45, 7) is -0.366. The van der Waals surface area contributed by atoms with Crippen molar-refractivity contribution in [3.8, 4) is 5.69 Å². The number of nitrogens with zero attached hydrogens (tertiary/aromatic N) is 3. The first-order valence-electron chi connectivity index (χ1n) is 7.96. The number of alkyl halides is 3. The fourth-order valence-electron chi connectivity index (χ4n) is 2.41. The minimum atomic E-state index is -4.59. The maximum atomic E-state index is 12.7. The number of carbonyl (C=O) groups is 1. The van der Waals surface area contributed by atoms with Crippen LogP contribution in [-0.4, -0.2) is 20.3 Å². The summed E-state index contributed by atoms with van der Waals surface area (Å²) in [5, 5.41) is 6.75. The van der Waals surface area contributed by atoms with E-state index in [9.17, 15) is 22.8 Å². The third-order valence-corrected chi connectivity index (χ3v) is 3.77. The van der Waals surface area contributed by atoms with Crippen molar-refractivity contribution in [1.29, 1.82) is 0 Å². The third kappa shape index (κ3) is 4.63. The normalized spacial score (nSPS) is 11.4. The maximum Gasteiger partial charge on any atom is 0.417 e. The van der Waals surface area contributed by atoms with Crippen molar-refractivity contribution in [1.82, 2.24) is 19.7 Å². The Morgan fingerprint density at radius 2 is 1.81 bits per heavy atom. The van der Waals surface area contributed by atoms with Gasteiger partial charge < -0.3 is 9.88 Å². The van der Waals surface area contributed by atoms with Crippen LogP contribution in [0.5, 0.6) is 0 Å². The molecule has 0 atom stereocenters. The van der Waals surface area contributed by atoms with Gasteiger partial charge >= 0.3 is 6.18 Å². The second-order valence-electron chi connectivity index (χ2n) is 5.79. The molecule has 9 heteroatoms. The number of hydrogen-bond acceptors (Lipinski definition) is 3. The highest BCUT2D eigenvalue weighted by Crippen LogP contribution is 2.27. The topological polar surface area (TPSA) is 68.9 Å². The van der Waals surface area contributed by atoms with Crippen molar-refractivity contribution >= 4 is 5.91 Å². The summed E-state index contributed by atoms with van der Waals surface area (Å²) in [5.41, 5.74) is -0.108. The van der Waals surface area contributed by atoms with Crippen molar-refractivity contribution in [2.24, 2.45) is 0 Å². The van der Waals surface area contributed by atoms with Gasteiger partial charge in [-0.3, -0.25) is 9.59 Å². The molecule has 3 aromatic rings. The number of nitrogens with one attached hydrogen (secondary N) is 1. The zero-order chi connectivity index (χ0) is 19.4. The number of benzene rings is 1. The second kappa shape index (κ2) is 7.48. The molecule has 1 N–H and O–H groups in total. The summed E-state index contributed by atoms with van der Waals surface area (Å²) in [5.74, 6) is -0.580. The van der Waals surface area contributed by atoms with Gasteiger partial charge in [0.2, 0.25) is 5.91 Å². The van der Waals surface area contributed by atoms with Gasteiger partial charge in [-0.1, -0.05) is 18.2 Å². The Balaban J connectivity index is 1.62. The van der Waals surface area contributed by atoms with Crippen LogP contribution in [0.1, 0.15) is 11.1 Å². The Hall–Kier alpha value is -3.36. The van der Waals surface area contributed by atoms with Gasteiger partial charge in [-0.05, 0) is 18.2 Å². The molecule has 0 bridgehead atoms. The molecule has 3 rings (SSSR count). The summed E-state index contributed by atoms with van der Waals surface area (Å²) in [4.78, 5) is 23.7. The number of aromatic nitrogens is 3. The van der Waals surface area contributed by atoms with Crippen molar-refractivity contribution in [3.63, 3.8) is 0 Å². The van der Waals surface area contributed by atoms with E-state index in [2.05, 4.69) is 10.4 Å². The number of halogens is 3. The van der Waals surface area contributed by atoms with E-state index in [0.29, 0.717) is 17.8 Å². The molecule has 0 radical (unpaired) electrons. The molecule has 1 amide bonds. The number of pyridine rings is 1. The summed E-state index contributed by atoms with van der Waals surface area (Å²) in [6, 6.07) is 10.8. The molecule has 0 fully saturated rings. The van der Waals surface area contributed by atoms with Gasteiger partial charge in [0.1, 0.15) is 6.54 Å². The fourth-order valence-corrected chi connectivity index (χ4v) is 2.41. The van der Waals surface area contributed by atoms with Gasteiger partial charge in [0.15, 0.2) is 0 Å². The van der Waals surface area contributed by atoms with E-state index in [1.807, 2.05) is 30.3 Å². The summed E-state index contributed by atoms with van der Waals surface area (Å²) in [7, 11) is 0. The summed E-state index contributed by atoms with van der Waals surface area (Å²) in [6.07, 6.45) is -0.650. The molecule has 6 nitrogen and oxygen atoms in total. The minimum Gasteiger partial charge on any atom is -0.350 e. The molecule has 0 saturated carbocycles. The van der Waals surface area contributed by atoms with Crippen LogP contribution in [0.25, 0.3) is 5.69 Å². The Morgan fingerprint density at radius 3 is 2.52 bits per heavy atom.